The van der Waals surface area contributed by atoms with Crippen molar-refractivity contribution in [3.05, 3.63) is 35.4 Å². The lowest BCUT2D eigenvalue weighted by Crippen LogP contribution is -2.25. The quantitative estimate of drug-likeness (QED) is 0.0895. The minimum Gasteiger partial charge on any atom is -0.459 e. The molecule has 8 nitrogen and oxygen atoms in total. The second-order valence-electron chi connectivity index (χ2n) is 9.89. The summed E-state index contributed by atoms with van der Waals surface area (Å²) in [5.74, 6) is -1.16. The molecule has 0 aromatic heterocycles. The Morgan fingerprint density at radius 3 is 1.38 bits per heavy atom. The average Bonchev–Trinajstić information content (AvgIpc) is 2.98. The minimum atomic E-state index is -0.582. The molecule has 0 aliphatic rings. The molecule has 40 heavy (non-hydrogen) atoms. The third-order valence-corrected chi connectivity index (χ3v) is 6.53. The minimum absolute atomic E-state index is 0.0988. The molecule has 2 unspecified atom stereocenters. The number of hydrogen-bond acceptors (Lipinski definition) is 8. The average molecular weight is 567 g/mol. The van der Waals surface area contributed by atoms with Crippen LogP contribution in [0.3, 0.4) is 0 Å². The molecule has 0 radical (unpaired) electrons. The zero-order valence-corrected chi connectivity index (χ0v) is 25.5. The third-order valence-electron chi connectivity index (χ3n) is 6.53. The Bertz CT molecular complexity index is 706. The summed E-state index contributed by atoms with van der Waals surface area (Å²) in [6.45, 7) is 11.9. The number of esters is 2. The number of ether oxygens (including phenoxy) is 6. The van der Waals surface area contributed by atoms with Gasteiger partial charge in [-0.05, 0) is 37.8 Å². The van der Waals surface area contributed by atoms with Crippen molar-refractivity contribution >= 4 is 11.9 Å². The fraction of sp³-hybridized carbons (Fsp3) is 0.750. The predicted molar refractivity (Wildman–Crippen MR) is 157 cm³/mol. The maximum absolute atomic E-state index is 12.8. The topological polar surface area (TPSA) is 89.5 Å². The van der Waals surface area contributed by atoms with E-state index < -0.39 is 11.9 Å². The standard InChI is InChI=1S/C32H54O8/c1-5-9-11-15-19-35-21-23-37-27(7-3)25-39-31(33)29-17-13-14-18-30(29)32(34)40-26-28(8-4)38-24-22-36-20-16-12-10-6-2/h13-14,17-18,27-28H,5-12,15-16,19-26H2,1-4H3. The van der Waals surface area contributed by atoms with E-state index in [0.717, 1.165) is 26.1 Å². The lowest BCUT2D eigenvalue weighted by molar-refractivity contribution is -0.0318. The Labute approximate surface area is 242 Å². The molecule has 0 fully saturated rings. The molecule has 0 aliphatic carbocycles. The fourth-order valence-corrected chi connectivity index (χ4v) is 3.91. The molecule has 0 bridgehead atoms. The van der Waals surface area contributed by atoms with Gasteiger partial charge in [-0.1, -0.05) is 78.4 Å². The van der Waals surface area contributed by atoms with Gasteiger partial charge in [-0.3, -0.25) is 0 Å². The number of carbonyl (C=O) groups is 2. The summed E-state index contributed by atoms with van der Waals surface area (Å²) in [6, 6.07) is 6.52. The Morgan fingerprint density at radius 1 is 0.575 bits per heavy atom. The molecule has 0 saturated carbocycles. The number of rotatable bonds is 26. The first kappa shape index (κ1) is 36.0. The van der Waals surface area contributed by atoms with Crippen molar-refractivity contribution in [2.75, 3.05) is 52.9 Å². The molecule has 8 heteroatoms. The highest BCUT2D eigenvalue weighted by molar-refractivity contribution is 6.03. The van der Waals surface area contributed by atoms with E-state index in [1.165, 1.54) is 38.5 Å². The Morgan fingerprint density at radius 2 is 1.00 bits per heavy atom. The lowest BCUT2D eigenvalue weighted by atomic mass is 10.1. The van der Waals surface area contributed by atoms with E-state index in [-0.39, 0.29) is 36.5 Å². The van der Waals surface area contributed by atoms with Gasteiger partial charge in [0.15, 0.2) is 0 Å². The first-order valence-corrected chi connectivity index (χ1v) is 15.4. The third kappa shape index (κ3) is 17.0. The van der Waals surface area contributed by atoms with Crippen molar-refractivity contribution in [3.63, 3.8) is 0 Å². The van der Waals surface area contributed by atoms with Crippen LogP contribution in [0, 0.1) is 0 Å². The van der Waals surface area contributed by atoms with Crippen molar-refractivity contribution in [3.8, 4) is 0 Å². The summed E-state index contributed by atoms with van der Waals surface area (Å²) in [5.41, 5.74) is 0.339. The number of unbranched alkanes of at least 4 members (excludes halogenated alkanes) is 6. The summed E-state index contributed by atoms with van der Waals surface area (Å²) in [4.78, 5) is 25.6. The van der Waals surface area contributed by atoms with E-state index in [4.69, 9.17) is 28.4 Å². The molecule has 2 atom stereocenters. The summed E-state index contributed by atoms with van der Waals surface area (Å²) >= 11 is 0. The van der Waals surface area contributed by atoms with Crippen LogP contribution in [0.4, 0.5) is 0 Å². The SMILES string of the molecule is CCCCCCOCCOC(CC)COC(=O)c1ccccc1C(=O)OCC(CC)OCCOCCCCCC. The van der Waals surface area contributed by atoms with Crippen LogP contribution >= 0.6 is 0 Å². The molecule has 0 N–H and O–H groups in total. The zero-order chi connectivity index (χ0) is 29.3. The van der Waals surface area contributed by atoms with Crippen LogP contribution in [0.15, 0.2) is 24.3 Å². The van der Waals surface area contributed by atoms with Crippen molar-refractivity contribution in [2.24, 2.45) is 0 Å². The molecule has 0 heterocycles. The first-order chi connectivity index (χ1) is 19.6. The lowest BCUT2D eigenvalue weighted by Gasteiger charge is -2.18. The Balaban J connectivity index is 2.41. The molecular formula is C32H54O8. The van der Waals surface area contributed by atoms with Crippen molar-refractivity contribution < 1.29 is 38.0 Å². The van der Waals surface area contributed by atoms with Crippen LogP contribution in [0.2, 0.25) is 0 Å². The molecule has 230 valence electrons. The van der Waals surface area contributed by atoms with E-state index in [0.29, 0.717) is 39.3 Å². The fourth-order valence-electron chi connectivity index (χ4n) is 3.91. The van der Waals surface area contributed by atoms with Gasteiger partial charge < -0.3 is 28.4 Å². The zero-order valence-electron chi connectivity index (χ0n) is 25.5. The van der Waals surface area contributed by atoms with Crippen LogP contribution in [-0.2, 0) is 28.4 Å². The van der Waals surface area contributed by atoms with Crippen LogP contribution in [-0.4, -0.2) is 77.0 Å². The molecule has 0 aliphatic heterocycles. The van der Waals surface area contributed by atoms with E-state index in [1.807, 2.05) is 13.8 Å². The molecular weight excluding hydrogens is 512 g/mol. The summed E-state index contributed by atoms with van der Waals surface area (Å²) in [7, 11) is 0. The Hall–Kier alpha value is -2.00. The highest BCUT2D eigenvalue weighted by Crippen LogP contribution is 2.14. The van der Waals surface area contributed by atoms with Gasteiger partial charge in [0.2, 0.25) is 0 Å². The van der Waals surface area contributed by atoms with Crippen molar-refractivity contribution in [2.45, 2.75) is 104 Å². The van der Waals surface area contributed by atoms with E-state index in [1.54, 1.807) is 24.3 Å². The van der Waals surface area contributed by atoms with Crippen molar-refractivity contribution in [1.29, 1.82) is 0 Å². The van der Waals surface area contributed by atoms with Crippen molar-refractivity contribution in [1.82, 2.24) is 0 Å². The maximum Gasteiger partial charge on any atom is 0.339 e. The summed E-state index contributed by atoms with van der Waals surface area (Å²) in [6.07, 6.45) is 10.2. The Kier molecular flexibility index (Phi) is 22.3. The van der Waals surface area contributed by atoms with Gasteiger partial charge in [0.25, 0.3) is 0 Å². The monoisotopic (exact) mass is 566 g/mol. The van der Waals surface area contributed by atoms with E-state index >= 15 is 0 Å². The van der Waals surface area contributed by atoms with Crippen LogP contribution in [0.25, 0.3) is 0 Å². The van der Waals surface area contributed by atoms with Gasteiger partial charge in [0.1, 0.15) is 13.2 Å². The highest BCUT2D eigenvalue weighted by atomic mass is 16.6. The van der Waals surface area contributed by atoms with Gasteiger partial charge in [-0.2, -0.15) is 0 Å². The molecule has 1 aromatic rings. The smallest absolute Gasteiger partial charge is 0.339 e. The van der Waals surface area contributed by atoms with Crippen LogP contribution < -0.4 is 0 Å². The van der Waals surface area contributed by atoms with Crippen LogP contribution in [0.1, 0.15) is 113 Å². The van der Waals surface area contributed by atoms with Crippen LogP contribution in [0.5, 0.6) is 0 Å². The number of carbonyl (C=O) groups excluding carboxylic acids is 2. The molecule has 1 aromatic carbocycles. The molecule has 1 rings (SSSR count). The molecule has 0 spiro atoms. The van der Waals surface area contributed by atoms with Gasteiger partial charge in [0.05, 0.1) is 49.8 Å². The van der Waals surface area contributed by atoms with E-state index in [2.05, 4.69) is 13.8 Å². The van der Waals surface area contributed by atoms with Gasteiger partial charge in [-0.25, -0.2) is 9.59 Å². The van der Waals surface area contributed by atoms with E-state index in [9.17, 15) is 9.59 Å². The van der Waals surface area contributed by atoms with Gasteiger partial charge in [-0.15, -0.1) is 0 Å². The second kappa shape index (κ2) is 24.8. The predicted octanol–water partition coefficient (Wildman–Crippen LogP) is 6.78. The second-order valence-corrected chi connectivity index (χ2v) is 9.89. The maximum atomic E-state index is 12.8. The highest BCUT2D eigenvalue weighted by Gasteiger charge is 2.21. The normalized spacial score (nSPS) is 12.7. The summed E-state index contributed by atoms with van der Waals surface area (Å²) in [5, 5.41) is 0. The molecule has 0 saturated heterocycles. The number of hydrogen-bond donors (Lipinski definition) is 0. The number of benzene rings is 1. The summed E-state index contributed by atoms with van der Waals surface area (Å²) < 4.78 is 33.8. The van der Waals surface area contributed by atoms with Gasteiger partial charge in [0, 0.05) is 13.2 Å². The molecule has 0 amide bonds. The largest absolute Gasteiger partial charge is 0.459 e. The first-order valence-electron chi connectivity index (χ1n) is 15.4. The van der Waals surface area contributed by atoms with Gasteiger partial charge >= 0.3 is 11.9 Å².